The van der Waals surface area contributed by atoms with Gasteiger partial charge in [-0.1, -0.05) is 6.07 Å². The van der Waals surface area contributed by atoms with Crippen molar-refractivity contribution in [3.63, 3.8) is 0 Å². The van der Waals surface area contributed by atoms with Crippen molar-refractivity contribution in [1.82, 2.24) is 5.43 Å². The molecule has 0 atom stereocenters. The minimum Gasteiger partial charge on any atom is -0.490 e. The first kappa shape index (κ1) is 15.8. The lowest BCUT2D eigenvalue weighted by Crippen LogP contribution is -2.24. The molecule has 2 amide bonds. The van der Waals surface area contributed by atoms with Gasteiger partial charge in [0, 0.05) is 4.88 Å². The average molecular weight is 319 g/mol. The summed E-state index contributed by atoms with van der Waals surface area (Å²) in [5.74, 6) is 1.29. The number of amides is 2. The quantitative estimate of drug-likeness (QED) is 0.608. The van der Waals surface area contributed by atoms with Crippen LogP contribution in [0.1, 0.15) is 17.4 Å². The van der Waals surface area contributed by atoms with E-state index in [9.17, 15) is 4.79 Å². The maximum atomic E-state index is 10.6. The molecule has 2 aromatic rings. The number of nitrogens with one attached hydrogen (secondary N) is 1. The van der Waals surface area contributed by atoms with E-state index in [0.717, 1.165) is 10.4 Å². The first-order chi connectivity index (χ1) is 10.7. The van der Waals surface area contributed by atoms with Gasteiger partial charge in [-0.05, 0) is 42.1 Å². The predicted octanol–water partition coefficient (Wildman–Crippen LogP) is 2.73. The number of ether oxygens (including phenoxy) is 2. The maximum absolute atomic E-state index is 10.6. The number of hydrazone groups is 1. The lowest BCUT2D eigenvalue weighted by Gasteiger charge is -2.12. The van der Waals surface area contributed by atoms with Crippen LogP contribution >= 0.6 is 11.3 Å². The van der Waals surface area contributed by atoms with Gasteiger partial charge >= 0.3 is 6.03 Å². The van der Waals surface area contributed by atoms with Crippen LogP contribution in [0.2, 0.25) is 0 Å². The molecule has 0 fully saturated rings. The number of nitrogens with zero attached hydrogens (tertiary/aromatic N) is 1. The second-order valence-electron chi connectivity index (χ2n) is 4.24. The molecule has 0 radical (unpaired) electrons. The van der Waals surface area contributed by atoms with Gasteiger partial charge in [0.2, 0.25) is 0 Å². The molecule has 0 unspecified atom stereocenters. The molecule has 0 saturated heterocycles. The Morgan fingerprint density at radius 3 is 2.91 bits per heavy atom. The Labute approximate surface area is 132 Å². The number of hydrogen-bond donors (Lipinski definition) is 2. The largest absolute Gasteiger partial charge is 0.490 e. The zero-order valence-corrected chi connectivity index (χ0v) is 12.9. The molecule has 0 aliphatic carbocycles. The molecule has 6 nitrogen and oxygen atoms in total. The standard InChI is InChI=1S/C15H17N3O3S/c1-2-20-14-8-11(9-17-18-15(16)19)5-6-13(14)21-10-12-4-3-7-22-12/h3-9H,2,10H2,1H3,(H3,16,18,19)/b17-9-. The third-order valence-corrected chi connectivity index (χ3v) is 3.46. The monoisotopic (exact) mass is 319 g/mol. The molecule has 2 rings (SSSR count). The van der Waals surface area contributed by atoms with Gasteiger partial charge in [-0.3, -0.25) is 0 Å². The fourth-order valence-corrected chi connectivity index (χ4v) is 2.32. The van der Waals surface area contributed by atoms with Crippen LogP contribution in [0.3, 0.4) is 0 Å². The molecule has 0 bridgehead atoms. The smallest absolute Gasteiger partial charge is 0.332 e. The Kier molecular flexibility index (Phi) is 5.79. The van der Waals surface area contributed by atoms with E-state index in [1.54, 1.807) is 17.4 Å². The lowest BCUT2D eigenvalue weighted by molar-refractivity contribution is 0.249. The van der Waals surface area contributed by atoms with Crippen molar-refractivity contribution in [1.29, 1.82) is 0 Å². The summed E-state index contributed by atoms with van der Waals surface area (Å²) in [7, 11) is 0. The summed E-state index contributed by atoms with van der Waals surface area (Å²) in [6.07, 6.45) is 1.48. The summed E-state index contributed by atoms with van der Waals surface area (Å²) < 4.78 is 11.4. The van der Waals surface area contributed by atoms with Gasteiger partial charge in [0.15, 0.2) is 11.5 Å². The summed E-state index contributed by atoms with van der Waals surface area (Å²) in [6.45, 7) is 2.92. The highest BCUT2D eigenvalue weighted by Crippen LogP contribution is 2.29. The summed E-state index contributed by atoms with van der Waals surface area (Å²) in [4.78, 5) is 11.7. The Balaban J connectivity index is 2.08. The second-order valence-corrected chi connectivity index (χ2v) is 5.27. The van der Waals surface area contributed by atoms with Crippen molar-refractivity contribution in [3.05, 3.63) is 46.2 Å². The number of primary amides is 1. The molecule has 22 heavy (non-hydrogen) atoms. The van der Waals surface area contributed by atoms with Crippen molar-refractivity contribution >= 4 is 23.6 Å². The Morgan fingerprint density at radius 2 is 2.23 bits per heavy atom. The second kappa shape index (κ2) is 8.04. The van der Waals surface area contributed by atoms with E-state index in [1.807, 2.05) is 36.6 Å². The maximum Gasteiger partial charge on any atom is 0.332 e. The summed E-state index contributed by atoms with van der Waals surface area (Å²) in [6, 6.07) is 8.71. The molecule has 3 N–H and O–H groups in total. The highest BCUT2D eigenvalue weighted by atomic mass is 32.1. The van der Waals surface area contributed by atoms with Crippen molar-refractivity contribution < 1.29 is 14.3 Å². The van der Waals surface area contributed by atoms with Crippen LogP contribution in [0.5, 0.6) is 11.5 Å². The third-order valence-electron chi connectivity index (χ3n) is 2.61. The molecule has 1 aromatic heterocycles. The van der Waals surface area contributed by atoms with E-state index in [1.165, 1.54) is 6.21 Å². The van der Waals surface area contributed by atoms with Crippen LogP contribution in [-0.2, 0) is 6.61 Å². The van der Waals surface area contributed by atoms with Gasteiger partial charge in [-0.15, -0.1) is 11.3 Å². The zero-order chi connectivity index (χ0) is 15.8. The SMILES string of the molecule is CCOc1cc(/C=N\NC(N)=O)ccc1OCc1cccs1. The van der Waals surface area contributed by atoms with Crippen molar-refractivity contribution in [2.24, 2.45) is 10.8 Å². The van der Waals surface area contributed by atoms with Crippen LogP contribution in [0, 0.1) is 0 Å². The van der Waals surface area contributed by atoms with Crippen LogP contribution in [-0.4, -0.2) is 18.9 Å². The lowest BCUT2D eigenvalue weighted by atomic mass is 10.2. The summed E-state index contributed by atoms with van der Waals surface area (Å²) in [5, 5.41) is 5.72. The fourth-order valence-electron chi connectivity index (χ4n) is 1.71. The normalized spacial score (nSPS) is 10.6. The minimum absolute atomic E-state index is 0.494. The number of rotatable bonds is 7. The van der Waals surface area contributed by atoms with Crippen molar-refractivity contribution in [2.75, 3.05) is 6.61 Å². The first-order valence-electron chi connectivity index (χ1n) is 6.69. The Bertz CT molecular complexity index is 641. The van der Waals surface area contributed by atoms with Crippen molar-refractivity contribution in [3.8, 4) is 11.5 Å². The highest BCUT2D eigenvalue weighted by Gasteiger charge is 2.06. The van der Waals surface area contributed by atoms with E-state index in [-0.39, 0.29) is 0 Å². The van der Waals surface area contributed by atoms with E-state index in [0.29, 0.717) is 24.7 Å². The molecular formula is C15H17N3O3S. The summed E-state index contributed by atoms with van der Waals surface area (Å²) >= 11 is 1.64. The number of carbonyl (C=O) groups is 1. The number of urea groups is 1. The van der Waals surface area contributed by atoms with E-state index < -0.39 is 6.03 Å². The van der Waals surface area contributed by atoms with E-state index in [2.05, 4.69) is 10.5 Å². The molecule has 0 aliphatic heterocycles. The number of benzene rings is 1. The average Bonchev–Trinajstić information content (AvgIpc) is 3.00. The van der Waals surface area contributed by atoms with Gasteiger partial charge in [0.05, 0.1) is 12.8 Å². The topological polar surface area (TPSA) is 85.9 Å². The van der Waals surface area contributed by atoms with Crippen molar-refractivity contribution in [2.45, 2.75) is 13.5 Å². The van der Waals surface area contributed by atoms with Gasteiger partial charge in [0.25, 0.3) is 0 Å². The van der Waals surface area contributed by atoms with Gasteiger partial charge in [-0.25, -0.2) is 10.2 Å². The first-order valence-corrected chi connectivity index (χ1v) is 7.57. The number of thiophene rings is 1. The number of nitrogens with two attached hydrogens (primary N) is 1. The molecule has 7 heteroatoms. The molecule has 0 aliphatic rings. The van der Waals surface area contributed by atoms with Crippen LogP contribution in [0.4, 0.5) is 4.79 Å². The molecular weight excluding hydrogens is 302 g/mol. The van der Waals surface area contributed by atoms with Gasteiger partial charge < -0.3 is 15.2 Å². The Hall–Kier alpha value is -2.54. The molecule has 1 aromatic carbocycles. The number of hydrogen-bond acceptors (Lipinski definition) is 5. The molecule has 116 valence electrons. The predicted molar refractivity (Wildman–Crippen MR) is 86.6 cm³/mol. The zero-order valence-electron chi connectivity index (χ0n) is 12.1. The van der Waals surface area contributed by atoms with E-state index >= 15 is 0 Å². The van der Waals surface area contributed by atoms with E-state index in [4.69, 9.17) is 15.2 Å². The Morgan fingerprint density at radius 1 is 1.36 bits per heavy atom. The van der Waals surface area contributed by atoms with Crippen LogP contribution in [0.15, 0.2) is 40.8 Å². The minimum atomic E-state index is -0.711. The molecule has 0 spiro atoms. The summed E-state index contributed by atoms with van der Waals surface area (Å²) in [5.41, 5.74) is 7.84. The van der Waals surface area contributed by atoms with Crippen LogP contribution in [0.25, 0.3) is 0 Å². The highest BCUT2D eigenvalue weighted by molar-refractivity contribution is 7.09. The van der Waals surface area contributed by atoms with Gasteiger partial charge in [-0.2, -0.15) is 5.10 Å². The molecule has 0 saturated carbocycles. The third kappa shape index (κ3) is 4.78. The number of carbonyl (C=O) groups excluding carboxylic acids is 1. The molecule has 1 heterocycles. The van der Waals surface area contributed by atoms with Gasteiger partial charge in [0.1, 0.15) is 6.61 Å². The van der Waals surface area contributed by atoms with Crippen LogP contribution < -0.4 is 20.6 Å². The fraction of sp³-hybridized carbons (Fsp3) is 0.200.